The van der Waals surface area contributed by atoms with Gasteiger partial charge in [-0.2, -0.15) is 0 Å². The molecule has 2 aliphatic heterocycles. The summed E-state index contributed by atoms with van der Waals surface area (Å²) in [4.78, 5) is 13.5. The standard InChI is InChI=1S/C13H25N3O/c1-16-9-3-2-4-12(16)7-8-14-11-5-6-13(17)15-10-11/h11-12,14H,2-10H2,1H3,(H,15,17). The van der Waals surface area contributed by atoms with Crippen LogP contribution in [0.15, 0.2) is 0 Å². The van der Waals surface area contributed by atoms with Crippen molar-refractivity contribution in [3.8, 4) is 0 Å². The van der Waals surface area contributed by atoms with Crippen molar-refractivity contribution in [1.82, 2.24) is 15.5 Å². The van der Waals surface area contributed by atoms with Crippen LogP contribution in [0.5, 0.6) is 0 Å². The maximum absolute atomic E-state index is 11.0. The molecule has 2 unspecified atom stereocenters. The van der Waals surface area contributed by atoms with Gasteiger partial charge in [-0.1, -0.05) is 6.42 Å². The van der Waals surface area contributed by atoms with Crippen LogP contribution in [0, 0.1) is 0 Å². The van der Waals surface area contributed by atoms with Gasteiger partial charge in [-0.15, -0.1) is 0 Å². The van der Waals surface area contributed by atoms with Crippen molar-refractivity contribution in [2.24, 2.45) is 0 Å². The van der Waals surface area contributed by atoms with Crippen LogP contribution in [0.4, 0.5) is 0 Å². The normalized spacial score (nSPS) is 31.2. The number of nitrogens with one attached hydrogen (secondary N) is 2. The summed E-state index contributed by atoms with van der Waals surface area (Å²) < 4.78 is 0. The maximum Gasteiger partial charge on any atom is 0.220 e. The Bertz CT molecular complexity index is 247. The van der Waals surface area contributed by atoms with Gasteiger partial charge in [0.05, 0.1) is 0 Å². The van der Waals surface area contributed by atoms with Crippen molar-refractivity contribution in [2.75, 3.05) is 26.7 Å². The van der Waals surface area contributed by atoms with E-state index in [2.05, 4.69) is 22.6 Å². The van der Waals surface area contributed by atoms with Gasteiger partial charge in [-0.3, -0.25) is 4.79 Å². The summed E-state index contributed by atoms with van der Waals surface area (Å²) in [6.07, 6.45) is 7.00. The molecule has 17 heavy (non-hydrogen) atoms. The Labute approximate surface area is 104 Å². The Morgan fingerprint density at radius 1 is 1.41 bits per heavy atom. The molecule has 4 heteroatoms. The van der Waals surface area contributed by atoms with Gasteiger partial charge in [0.2, 0.25) is 5.91 Å². The third-order valence-electron chi connectivity index (χ3n) is 4.10. The van der Waals surface area contributed by atoms with E-state index in [1.807, 2.05) is 0 Å². The van der Waals surface area contributed by atoms with Crippen molar-refractivity contribution in [3.63, 3.8) is 0 Å². The highest BCUT2D eigenvalue weighted by Gasteiger charge is 2.20. The Kier molecular flexibility index (Phi) is 4.80. The molecule has 2 saturated heterocycles. The highest BCUT2D eigenvalue weighted by Crippen LogP contribution is 2.17. The van der Waals surface area contributed by atoms with Crippen LogP contribution in [-0.4, -0.2) is 49.6 Å². The second-order valence-corrected chi connectivity index (χ2v) is 5.41. The third kappa shape index (κ3) is 3.96. The first-order chi connectivity index (χ1) is 8.25. The SMILES string of the molecule is CN1CCCCC1CCNC1CCC(=O)NC1. The van der Waals surface area contributed by atoms with Crippen LogP contribution in [0.25, 0.3) is 0 Å². The Balaban J connectivity index is 1.60. The van der Waals surface area contributed by atoms with Crippen molar-refractivity contribution in [1.29, 1.82) is 0 Å². The highest BCUT2D eigenvalue weighted by atomic mass is 16.1. The molecule has 2 aliphatic rings. The number of rotatable bonds is 4. The first-order valence-corrected chi connectivity index (χ1v) is 6.96. The summed E-state index contributed by atoms with van der Waals surface area (Å²) in [6, 6.07) is 1.25. The molecule has 0 bridgehead atoms. The quantitative estimate of drug-likeness (QED) is 0.760. The molecular weight excluding hydrogens is 214 g/mol. The first kappa shape index (κ1) is 12.8. The predicted molar refractivity (Wildman–Crippen MR) is 68.9 cm³/mol. The lowest BCUT2D eigenvalue weighted by molar-refractivity contribution is -0.122. The Morgan fingerprint density at radius 2 is 2.29 bits per heavy atom. The number of nitrogens with zero attached hydrogens (tertiary/aromatic N) is 1. The lowest BCUT2D eigenvalue weighted by atomic mass is 9.99. The zero-order valence-electron chi connectivity index (χ0n) is 10.9. The molecule has 0 aromatic carbocycles. The second kappa shape index (κ2) is 6.36. The van der Waals surface area contributed by atoms with Crippen LogP contribution in [-0.2, 0) is 4.79 Å². The van der Waals surface area contributed by atoms with Gasteiger partial charge in [-0.25, -0.2) is 0 Å². The molecular formula is C13H25N3O. The molecule has 0 saturated carbocycles. The van der Waals surface area contributed by atoms with Crippen molar-refractivity contribution >= 4 is 5.91 Å². The van der Waals surface area contributed by atoms with Gasteiger partial charge in [0, 0.05) is 25.0 Å². The zero-order chi connectivity index (χ0) is 12.1. The zero-order valence-corrected chi connectivity index (χ0v) is 10.9. The molecule has 0 aromatic rings. The summed E-state index contributed by atoms with van der Waals surface area (Å²) in [5.41, 5.74) is 0. The van der Waals surface area contributed by atoms with E-state index in [1.165, 1.54) is 32.2 Å². The molecule has 2 fully saturated rings. The van der Waals surface area contributed by atoms with Gasteiger partial charge >= 0.3 is 0 Å². The minimum absolute atomic E-state index is 0.204. The van der Waals surface area contributed by atoms with Crippen LogP contribution >= 0.6 is 0 Å². The lowest BCUT2D eigenvalue weighted by Gasteiger charge is -2.33. The molecule has 2 N–H and O–H groups in total. The fraction of sp³-hybridized carbons (Fsp3) is 0.923. The van der Waals surface area contributed by atoms with E-state index in [4.69, 9.17) is 0 Å². The summed E-state index contributed by atoms with van der Waals surface area (Å²) >= 11 is 0. The summed E-state index contributed by atoms with van der Waals surface area (Å²) in [6.45, 7) is 3.14. The third-order valence-corrected chi connectivity index (χ3v) is 4.10. The fourth-order valence-corrected chi connectivity index (χ4v) is 2.87. The lowest BCUT2D eigenvalue weighted by Crippen LogP contribution is -2.47. The van der Waals surface area contributed by atoms with E-state index in [0.717, 1.165) is 25.6 Å². The Hall–Kier alpha value is -0.610. The van der Waals surface area contributed by atoms with E-state index >= 15 is 0 Å². The summed E-state index contributed by atoms with van der Waals surface area (Å²) in [5, 5.41) is 6.49. The number of piperidine rings is 2. The van der Waals surface area contributed by atoms with Crippen molar-refractivity contribution < 1.29 is 4.79 Å². The molecule has 1 amide bonds. The summed E-state index contributed by atoms with van der Waals surface area (Å²) in [5.74, 6) is 0.204. The molecule has 2 atom stereocenters. The van der Waals surface area contributed by atoms with E-state index in [0.29, 0.717) is 12.5 Å². The number of carbonyl (C=O) groups excluding carboxylic acids is 1. The first-order valence-electron chi connectivity index (χ1n) is 6.96. The van der Waals surface area contributed by atoms with E-state index in [9.17, 15) is 4.79 Å². The van der Waals surface area contributed by atoms with E-state index in [1.54, 1.807) is 0 Å². The number of hydrogen-bond donors (Lipinski definition) is 2. The monoisotopic (exact) mass is 239 g/mol. The van der Waals surface area contributed by atoms with Crippen LogP contribution in [0.2, 0.25) is 0 Å². The van der Waals surface area contributed by atoms with Gasteiger partial charge in [0.15, 0.2) is 0 Å². The number of hydrogen-bond acceptors (Lipinski definition) is 3. The minimum Gasteiger partial charge on any atom is -0.355 e. The molecule has 98 valence electrons. The molecule has 2 rings (SSSR count). The van der Waals surface area contributed by atoms with Gasteiger partial charge in [0.25, 0.3) is 0 Å². The largest absolute Gasteiger partial charge is 0.355 e. The van der Waals surface area contributed by atoms with Gasteiger partial charge in [0.1, 0.15) is 0 Å². The predicted octanol–water partition coefficient (Wildman–Crippen LogP) is 0.729. The second-order valence-electron chi connectivity index (χ2n) is 5.41. The Morgan fingerprint density at radius 3 is 3.00 bits per heavy atom. The van der Waals surface area contributed by atoms with Crippen molar-refractivity contribution in [3.05, 3.63) is 0 Å². The smallest absolute Gasteiger partial charge is 0.220 e. The number of likely N-dealkylation sites (tertiary alicyclic amines) is 1. The molecule has 0 radical (unpaired) electrons. The maximum atomic E-state index is 11.0. The molecule has 0 aliphatic carbocycles. The molecule has 0 spiro atoms. The van der Waals surface area contributed by atoms with E-state index < -0.39 is 0 Å². The van der Waals surface area contributed by atoms with E-state index in [-0.39, 0.29) is 5.91 Å². The van der Waals surface area contributed by atoms with Crippen LogP contribution in [0.3, 0.4) is 0 Å². The molecule has 4 nitrogen and oxygen atoms in total. The van der Waals surface area contributed by atoms with Gasteiger partial charge in [-0.05, 0) is 45.8 Å². The number of amides is 1. The topological polar surface area (TPSA) is 44.4 Å². The molecule has 0 aromatic heterocycles. The minimum atomic E-state index is 0.204. The van der Waals surface area contributed by atoms with Crippen LogP contribution < -0.4 is 10.6 Å². The fourth-order valence-electron chi connectivity index (χ4n) is 2.87. The van der Waals surface area contributed by atoms with Crippen molar-refractivity contribution in [2.45, 2.75) is 50.6 Å². The highest BCUT2D eigenvalue weighted by molar-refractivity contribution is 5.76. The average molecular weight is 239 g/mol. The number of carbonyl (C=O) groups is 1. The van der Waals surface area contributed by atoms with Gasteiger partial charge < -0.3 is 15.5 Å². The van der Waals surface area contributed by atoms with Crippen LogP contribution in [0.1, 0.15) is 38.5 Å². The summed E-state index contributed by atoms with van der Waals surface area (Å²) in [7, 11) is 2.24. The average Bonchev–Trinajstić information content (AvgIpc) is 2.34. The molecule has 2 heterocycles.